The number of rotatable bonds is 5. The molecule has 0 fully saturated rings. The second-order valence-electron chi connectivity index (χ2n) is 4.82. The molecule has 110 valence electrons. The van der Waals surface area contributed by atoms with Crippen LogP contribution in [0.3, 0.4) is 0 Å². The number of carbonyl (C=O) groups excluding carboxylic acids is 1. The van der Waals surface area contributed by atoms with Crippen molar-refractivity contribution in [2.45, 2.75) is 26.2 Å². The lowest BCUT2D eigenvalue weighted by Crippen LogP contribution is -2.10. The number of nitrogens with one attached hydrogen (secondary N) is 1. The van der Waals surface area contributed by atoms with Gasteiger partial charge in [-0.05, 0) is 30.5 Å². The van der Waals surface area contributed by atoms with Crippen LogP contribution in [0.5, 0.6) is 0 Å². The minimum atomic E-state index is -0.819. The number of anilines is 1. The number of nitrogens with zero attached hydrogens (tertiary/aromatic N) is 1. The van der Waals surface area contributed by atoms with E-state index in [0.29, 0.717) is 10.6 Å². The van der Waals surface area contributed by atoms with E-state index in [4.69, 9.17) is 5.11 Å². The van der Waals surface area contributed by atoms with Gasteiger partial charge in [0.05, 0.1) is 17.6 Å². The van der Waals surface area contributed by atoms with Crippen molar-refractivity contribution in [3.05, 3.63) is 45.9 Å². The maximum Gasteiger partial charge on any atom is 0.303 e. The highest BCUT2D eigenvalue weighted by molar-refractivity contribution is 7.13. The van der Waals surface area contributed by atoms with E-state index >= 15 is 0 Å². The Balaban J connectivity index is 2.02. The average Bonchev–Trinajstić information content (AvgIpc) is 2.85. The SMILES string of the molecule is Cc1ncc(C(=O)Nc2ccc(C(C)CC(=O)O)cc2)s1. The summed E-state index contributed by atoms with van der Waals surface area (Å²) < 4.78 is 0. The highest BCUT2D eigenvalue weighted by Crippen LogP contribution is 2.21. The van der Waals surface area contributed by atoms with Crippen molar-refractivity contribution >= 4 is 28.9 Å². The van der Waals surface area contributed by atoms with Crippen molar-refractivity contribution in [2.24, 2.45) is 0 Å². The number of amides is 1. The van der Waals surface area contributed by atoms with Crippen molar-refractivity contribution in [1.82, 2.24) is 4.98 Å². The van der Waals surface area contributed by atoms with E-state index in [9.17, 15) is 9.59 Å². The molecular weight excluding hydrogens is 288 g/mol. The fourth-order valence-electron chi connectivity index (χ4n) is 1.93. The first-order valence-electron chi connectivity index (χ1n) is 6.51. The minimum absolute atomic E-state index is 0.0589. The number of aryl methyl sites for hydroxylation is 1. The van der Waals surface area contributed by atoms with Crippen molar-refractivity contribution < 1.29 is 14.7 Å². The number of benzene rings is 1. The number of hydrogen-bond acceptors (Lipinski definition) is 4. The van der Waals surface area contributed by atoms with Crippen LogP contribution in [0, 0.1) is 6.92 Å². The molecule has 1 aromatic heterocycles. The van der Waals surface area contributed by atoms with E-state index in [1.165, 1.54) is 11.3 Å². The molecule has 1 unspecified atom stereocenters. The molecule has 21 heavy (non-hydrogen) atoms. The van der Waals surface area contributed by atoms with Gasteiger partial charge in [-0.25, -0.2) is 4.98 Å². The van der Waals surface area contributed by atoms with E-state index in [-0.39, 0.29) is 18.2 Å². The molecule has 5 nitrogen and oxygen atoms in total. The second kappa shape index (κ2) is 6.49. The Labute approximate surface area is 126 Å². The van der Waals surface area contributed by atoms with Gasteiger partial charge in [-0.1, -0.05) is 19.1 Å². The van der Waals surface area contributed by atoms with Crippen LogP contribution in [0.4, 0.5) is 5.69 Å². The third-order valence-electron chi connectivity index (χ3n) is 3.06. The summed E-state index contributed by atoms with van der Waals surface area (Å²) in [5, 5.41) is 12.4. The van der Waals surface area contributed by atoms with Crippen molar-refractivity contribution in [3.63, 3.8) is 0 Å². The van der Waals surface area contributed by atoms with E-state index in [1.807, 2.05) is 26.0 Å². The molecule has 0 aliphatic heterocycles. The Morgan fingerprint density at radius 2 is 2.00 bits per heavy atom. The van der Waals surface area contributed by atoms with E-state index in [1.54, 1.807) is 18.3 Å². The zero-order valence-electron chi connectivity index (χ0n) is 11.8. The highest BCUT2D eigenvalue weighted by Gasteiger charge is 2.12. The van der Waals surface area contributed by atoms with Crippen LogP contribution in [0.2, 0.25) is 0 Å². The number of carboxylic acids is 1. The molecule has 0 spiro atoms. The molecule has 0 aliphatic rings. The summed E-state index contributed by atoms with van der Waals surface area (Å²) in [4.78, 5) is 27.3. The normalized spacial score (nSPS) is 11.9. The molecule has 1 aromatic carbocycles. The van der Waals surface area contributed by atoms with Gasteiger partial charge in [-0.3, -0.25) is 9.59 Å². The molecule has 2 rings (SSSR count). The first-order valence-corrected chi connectivity index (χ1v) is 7.33. The summed E-state index contributed by atoms with van der Waals surface area (Å²) in [5.41, 5.74) is 1.61. The van der Waals surface area contributed by atoms with Crippen LogP contribution in [-0.4, -0.2) is 22.0 Å². The zero-order valence-corrected chi connectivity index (χ0v) is 12.6. The third kappa shape index (κ3) is 4.13. The van der Waals surface area contributed by atoms with Gasteiger partial charge in [-0.15, -0.1) is 11.3 Å². The highest BCUT2D eigenvalue weighted by atomic mass is 32.1. The molecular formula is C15H16N2O3S. The molecule has 0 saturated carbocycles. The first-order chi connectivity index (χ1) is 9.95. The van der Waals surface area contributed by atoms with Crippen LogP contribution in [0.15, 0.2) is 30.5 Å². The average molecular weight is 304 g/mol. The Bertz CT molecular complexity index is 649. The molecule has 0 saturated heterocycles. The maximum absolute atomic E-state index is 12.0. The van der Waals surface area contributed by atoms with Gasteiger partial charge < -0.3 is 10.4 Å². The van der Waals surface area contributed by atoms with Gasteiger partial charge in [0, 0.05) is 5.69 Å². The monoisotopic (exact) mass is 304 g/mol. The molecule has 0 bridgehead atoms. The van der Waals surface area contributed by atoms with Crippen LogP contribution in [-0.2, 0) is 4.79 Å². The number of thiazole rings is 1. The molecule has 2 N–H and O–H groups in total. The largest absolute Gasteiger partial charge is 0.481 e. The number of hydrogen-bond donors (Lipinski definition) is 2. The van der Waals surface area contributed by atoms with Gasteiger partial charge in [0.25, 0.3) is 5.91 Å². The summed E-state index contributed by atoms with van der Waals surface area (Å²) in [7, 11) is 0. The van der Waals surface area contributed by atoms with Crippen LogP contribution in [0.1, 0.15) is 39.5 Å². The lowest BCUT2D eigenvalue weighted by molar-refractivity contribution is -0.137. The van der Waals surface area contributed by atoms with Crippen LogP contribution >= 0.6 is 11.3 Å². The predicted molar refractivity (Wildman–Crippen MR) is 81.9 cm³/mol. The standard InChI is InChI=1S/C15H16N2O3S/c1-9(7-14(18)19)11-3-5-12(6-4-11)17-15(20)13-8-16-10(2)21-13/h3-6,8-9H,7H2,1-2H3,(H,17,20)(H,18,19). The van der Waals surface area contributed by atoms with Crippen molar-refractivity contribution in [2.75, 3.05) is 5.32 Å². The number of aromatic nitrogens is 1. The number of carbonyl (C=O) groups is 2. The Morgan fingerprint density at radius 1 is 1.33 bits per heavy atom. The zero-order chi connectivity index (χ0) is 15.4. The van der Waals surface area contributed by atoms with Crippen molar-refractivity contribution in [3.8, 4) is 0 Å². The van der Waals surface area contributed by atoms with E-state index < -0.39 is 5.97 Å². The fourth-order valence-corrected chi connectivity index (χ4v) is 2.61. The van der Waals surface area contributed by atoms with Gasteiger partial charge in [0.2, 0.25) is 0 Å². The second-order valence-corrected chi connectivity index (χ2v) is 6.05. The third-order valence-corrected chi connectivity index (χ3v) is 3.97. The minimum Gasteiger partial charge on any atom is -0.481 e. The molecule has 1 amide bonds. The summed E-state index contributed by atoms with van der Waals surface area (Å²) >= 11 is 1.34. The van der Waals surface area contributed by atoms with Gasteiger partial charge in [0.1, 0.15) is 4.88 Å². The Hall–Kier alpha value is -2.21. The molecule has 0 radical (unpaired) electrons. The fraction of sp³-hybridized carbons (Fsp3) is 0.267. The smallest absolute Gasteiger partial charge is 0.303 e. The van der Waals surface area contributed by atoms with Gasteiger partial charge in [0.15, 0.2) is 0 Å². The van der Waals surface area contributed by atoms with E-state index in [0.717, 1.165) is 10.6 Å². The lowest BCUT2D eigenvalue weighted by atomic mass is 9.98. The Kier molecular flexibility index (Phi) is 4.70. The molecule has 2 aromatic rings. The van der Waals surface area contributed by atoms with Gasteiger partial charge in [-0.2, -0.15) is 0 Å². The number of aliphatic carboxylic acids is 1. The first kappa shape index (κ1) is 15.2. The molecule has 6 heteroatoms. The quantitative estimate of drug-likeness (QED) is 0.888. The van der Waals surface area contributed by atoms with Crippen LogP contribution < -0.4 is 5.32 Å². The number of carboxylic acid groups (broad SMARTS) is 1. The lowest BCUT2D eigenvalue weighted by Gasteiger charge is -2.10. The molecule has 1 atom stereocenters. The Morgan fingerprint density at radius 3 is 2.52 bits per heavy atom. The predicted octanol–water partition coefficient (Wildman–Crippen LogP) is 3.28. The summed E-state index contributed by atoms with van der Waals surface area (Å²) in [6.07, 6.45) is 1.64. The van der Waals surface area contributed by atoms with Crippen LogP contribution in [0.25, 0.3) is 0 Å². The molecule has 1 heterocycles. The van der Waals surface area contributed by atoms with Gasteiger partial charge >= 0.3 is 5.97 Å². The van der Waals surface area contributed by atoms with E-state index in [2.05, 4.69) is 10.3 Å². The molecule has 0 aliphatic carbocycles. The summed E-state index contributed by atoms with van der Waals surface area (Å²) in [6, 6.07) is 7.22. The van der Waals surface area contributed by atoms with Crippen molar-refractivity contribution in [1.29, 1.82) is 0 Å². The summed E-state index contributed by atoms with van der Waals surface area (Å²) in [6.45, 7) is 3.71. The summed E-state index contributed by atoms with van der Waals surface area (Å²) in [5.74, 6) is -1.07. The maximum atomic E-state index is 12.0. The topological polar surface area (TPSA) is 79.3 Å².